The number of nitrogens with zero attached hydrogens (tertiary/aromatic N) is 2. The molecule has 0 spiro atoms. The first-order valence-electron chi connectivity index (χ1n) is 4.58. The molecule has 5 heteroatoms. The number of thiazole rings is 1. The van der Waals surface area contributed by atoms with Crippen molar-refractivity contribution in [1.82, 2.24) is 4.98 Å². The van der Waals surface area contributed by atoms with Gasteiger partial charge in [0, 0.05) is 10.7 Å². The first-order chi connectivity index (χ1) is 7.72. The SMILES string of the molecule is Cc1c(Cl)cccc1Nc1ncsc1C#N. The average Bonchev–Trinajstić information content (AvgIpc) is 2.72. The molecule has 0 unspecified atom stereocenters. The minimum Gasteiger partial charge on any atom is -0.338 e. The smallest absolute Gasteiger partial charge is 0.159 e. The Balaban J connectivity index is 2.35. The highest BCUT2D eigenvalue weighted by Gasteiger charge is 2.08. The number of halogens is 1. The van der Waals surface area contributed by atoms with Crippen LogP contribution in [-0.4, -0.2) is 4.98 Å². The van der Waals surface area contributed by atoms with Crippen LogP contribution in [0.25, 0.3) is 0 Å². The molecule has 0 saturated heterocycles. The van der Waals surface area contributed by atoms with Gasteiger partial charge in [0.25, 0.3) is 0 Å². The van der Waals surface area contributed by atoms with Gasteiger partial charge in [-0.05, 0) is 24.6 Å². The molecule has 1 aromatic carbocycles. The van der Waals surface area contributed by atoms with Gasteiger partial charge >= 0.3 is 0 Å². The zero-order valence-corrected chi connectivity index (χ0v) is 10.1. The molecular formula is C11H8ClN3S. The van der Waals surface area contributed by atoms with E-state index in [1.165, 1.54) is 11.3 Å². The number of anilines is 2. The molecule has 0 saturated carbocycles. The summed E-state index contributed by atoms with van der Waals surface area (Å²) in [7, 11) is 0. The largest absolute Gasteiger partial charge is 0.338 e. The molecule has 0 aliphatic carbocycles. The number of nitriles is 1. The Hall–Kier alpha value is -1.57. The molecule has 1 N–H and O–H groups in total. The van der Waals surface area contributed by atoms with E-state index >= 15 is 0 Å². The van der Waals surface area contributed by atoms with Gasteiger partial charge in [0.05, 0.1) is 5.51 Å². The number of aromatic nitrogens is 1. The van der Waals surface area contributed by atoms with E-state index in [1.807, 2.05) is 25.1 Å². The predicted molar refractivity (Wildman–Crippen MR) is 66.3 cm³/mol. The fraction of sp³-hybridized carbons (Fsp3) is 0.0909. The van der Waals surface area contributed by atoms with Crippen molar-refractivity contribution in [2.45, 2.75) is 6.92 Å². The summed E-state index contributed by atoms with van der Waals surface area (Å²) in [4.78, 5) is 4.66. The standard InChI is InChI=1S/C11H8ClN3S/c1-7-8(12)3-2-4-9(7)15-11-10(5-13)16-6-14-11/h2-4,6,15H,1H3. The van der Waals surface area contributed by atoms with E-state index in [4.69, 9.17) is 16.9 Å². The van der Waals surface area contributed by atoms with Crippen LogP contribution in [0.1, 0.15) is 10.4 Å². The monoisotopic (exact) mass is 249 g/mol. The Labute approximate surface area is 102 Å². The van der Waals surface area contributed by atoms with Gasteiger partial charge in [-0.25, -0.2) is 4.98 Å². The van der Waals surface area contributed by atoms with Crippen molar-refractivity contribution in [1.29, 1.82) is 5.26 Å². The quantitative estimate of drug-likeness (QED) is 0.883. The fourth-order valence-electron chi connectivity index (χ4n) is 1.28. The first-order valence-corrected chi connectivity index (χ1v) is 5.84. The lowest BCUT2D eigenvalue weighted by molar-refractivity contribution is 1.34. The minimum atomic E-state index is 0.569. The zero-order chi connectivity index (χ0) is 11.5. The highest BCUT2D eigenvalue weighted by Crippen LogP contribution is 2.27. The van der Waals surface area contributed by atoms with E-state index in [1.54, 1.807) is 5.51 Å². The molecule has 0 amide bonds. The Morgan fingerprint density at radius 1 is 1.50 bits per heavy atom. The number of benzene rings is 1. The van der Waals surface area contributed by atoms with Gasteiger partial charge in [0.15, 0.2) is 5.82 Å². The van der Waals surface area contributed by atoms with Crippen molar-refractivity contribution < 1.29 is 0 Å². The van der Waals surface area contributed by atoms with Crippen molar-refractivity contribution >= 4 is 34.4 Å². The lowest BCUT2D eigenvalue weighted by atomic mass is 10.2. The third-order valence-corrected chi connectivity index (χ3v) is 3.33. The van der Waals surface area contributed by atoms with E-state index in [-0.39, 0.29) is 0 Å². The summed E-state index contributed by atoms with van der Waals surface area (Å²) in [5.41, 5.74) is 3.46. The van der Waals surface area contributed by atoms with E-state index in [2.05, 4.69) is 16.4 Å². The Morgan fingerprint density at radius 3 is 3.06 bits per heavy atom. The Bertz CT molecular complexity index is 557. The van der Waals surface area contributed by atoms with E-state index in [9.17, 15) is 0 Å². The number of rotatable bonds is 2. The molecule has 1 heterocycles. The maximum atomic E-state index is 8.86. The summed E-state index contributed by atoms with van der Waals surface area (Å²) < 4.78 is 0. The highest BCUT2D eigenvalue weighted by atomic mass is 35.5. The van der Waals surface area contributed by atoms with Crippen LogP contribution in [0, 0.1) is 18.3 Å². The third kappa shape index (κ3) is 2.01. The zero-order valence-electron chi connectivity index (χ0n) is 8.49. The van der Waals surface area contributed by atoms with Gasteiger partial charge in [0.1, 0.15) is 10.9 Å². The van der Waals surface area contributed by atoms with Gasteiger partial charge in [-0.1, -0.05) is 17.7 Å². The van der Waals surface area contributed by atoms with E-state index in [0.29, 0.717) is 15.7 Å². The molecule has 0 aliphatic rings. The average molecular weight is 250 g/mol. The third-order valence-electron chi connectivity index (χ3n) is 2.19. The molecule has 16 heavy (non-hydrogen) atoms. The van der Waals surface area contributed by atoms with Gasteiger partial charge in [0.2, 0.25) is 0 Å². The van der Waals surface area contributed by atoms with Crippen LogP contribution in [0.5, 0.6) is 0 Å². The maximum absolute atomic E-state index is 8.86. The summed E-state index contributed by atoms with van der Waals surface area (Å²) in [5.74, 6) is 0.581. The second-order valence-corrected chi connectivity index (χ2v) is 4.44. The van der Waals surface area contributed by atoms with Crippen molar-refractivity contribution in [3.8, 4) is 6.07 Å². The molecular weight excluding hydrogens is 242 g/mol. The molecule has 3 nitrogen and oxygen atoms in total. The Morgan fingerprint density at radius 2 is 2.31 bits per heavy atom. The number of hydrogen-bond donors (Lipinski definition) is 1. The summed E-state index contributed by atoms with van der Waals surface area (Å²) in [6, 6.07) is 7.68. The lowest BCUT2D eigenvalue weighted by Gasteiger charge is -2.08. The molecule has 0 fully saturated rings. The van der Waals surface area contributed by atoms with E-state index in [0.717, 1.165) is 11.3 Å². The normalized spacial score (nSPS) is 9.81. The lowest BCUT2D eigenvalue weighted by Crippen LogP contribution is -1.95. The second-order valence-electron chi connectivity index (χ2n) is 3.18. The van der Waals surface area contributed by atoms with Crippen molar-refractivity contribution in [2.24, 2.45) is 0 Å². The van der Waals surface area contributed by atoms with E-state index < -0.39 is 0 Å². The molecule has 0 bridgehead atoms. The van der Waals surface area contributed by atoms with Crippen LogP contribution in [0.3, 0.4) is 0 Å². The van der Waals surface area contributed by atoms with Crippen LogP contribution < -0.4 is 5.32 Å². The molecule has 1 aromatic heterocycles. The molecule has 0 aliphatic heterocycles. The number of nitrogens with one attached hydrogen (secondary N) is 1. The van der Waals surface area contributed by atoms with Crippen LogP contribution in [0.15, 0.2) is 23.7 Å². The highest BCUT2D eigenvalue weighted by molar-refractivity contribution is 7.10. The molecule has 2 rings (SSSR count). The van der Waals surface area contributed by atoms with Crippen LogP contribution >= 0.6 is 22.9 Å². The minimum absolute atomic E-state index is 0.569. The Kier molecular flexibility index (Phi) is 3.09. The van der Waals surface area contributed by atoms with Crippen LogP contribution in [-0.2, 0) is 0 Å². The van der Waals surface area contributed by atoms with Crippen molar-refractivity contribution in [3.63, 3.8) is 0 Å². The molecule has 2 aromatic rings. The molecule has 80 valence electrons. The molecule has 0 radical (unpaired) electrons. The van der Waals surface area contributed by atoms with Crippen LogP contribution in [0.2, 0.25) is 5.02 Å². The number of hydrogen-bond acceptors (Lipinski definition) is 4. The van der Waals surface area contributed by atoms with Crippen molar-refractivity contribution in [2.75, 3.05) is 5.32 Å². The summed E-state index contributed by atoms with van der Waals surface area (Å²) in [6.07, 6.45) is 0. The molecule has 0 atom stereocenters. The topological polar surface area (TPSA) is 48.7 Å². The van der Waals surface area contributed by atoms with Crippen molar-refractivity contribution in [3.05, 3.63) is 39.2 Å². The van der Waals surface area contributed by atoms with Gasteiger partial charge in [-0.15, -0.1) is 11.3 Å². The van der Waals surface area contributed by atoms with Crippen LogP contribution in [0.4, 0.5) is 11.5 Å². The summed E-state index contributed by atoms with van der Waals surface area (Å²) in [6.45, 7) is 1.92. The summed E-state index contributed by atoms with van der Waals surface area (Å²) in [5, 5.41) is 12.7. The second kappa shape index (κ2) is 4.52. The fourth-order valence-corrected chi connectivity index (χ4v) is 1.99. The first kappa shape index (κ1) is 10.9. The van der Waals surface area contributed by atoms with Gasteiger partial charge in [-0.3, -0.25) is 0 Å². The maximum Gasteiger partial charge on any atom is 0.159 e. The summed E-state index contributed by atoms with van der Waals surface area (Å²) >= 11 is 7.32. The van der Waals surface area contributed by atoms with Gasteiger partial charge < -0.3 is 5.32 Å². The van der Waals surface area contributed by atoms with Gasteiger partial charge in [-0.2, -0.15) is 5.26 Å². The predicted octanol–water partition coefficient (Wildman–Crippen LogP) is 3.72.